The quantitative estimate of drug-likeness (QED) is 0.635. The Hall–Kier alpha value is -1.97. The topological polar surface area (TPSA) is 47.8 Å². The molecule has 0 radical (unpaired) electrons. The summed E-state index contributed by atoms with van der Waals surface area (Å²) < 4.78 is 1.75. The van der Waals surface area contributed by atoms with Gasteiger partial charge in [0.2, 0.25) is 0 Å². The highest BCUT2D eigenvalue weighted by Gasteiger charge is 1.91. The molecule has 0 amide bonds. The monoisotopic (exact) mass is 173 g/mol. The fourth-order valence-corrected chi connectivity index (χ4v) is 1.01. The number of hydrogen-bond acceptors (Lipinski definition) is 3. The Bertz CT molecular complexity index is 429. The van der Waals surface area contributed by atoms with E-state index in [9.17, 15) is 4.79 Å². The lowest BCUT2D eigenvalue weighted by Crippen LogP contribution is -2.07. The van der Waals surface area contributed by atoms with Crippen LogP contribution in [0.3, 0.4) is 0 Å². The average molecular weight is 173 g/mol. The molecule has 13 heavy (non-hydrogen) atoms. The number of rotatable bonds is 1. The highest BCUT2D eigenvalue weighted by atomic mass is 16.1. The molecule has 0 N–H and O–H groups in total. The lowest BCUT2D eigenvalue weighted by molar-refractivity contribution is 0.958. The van der Waals surface area contributed by atoms with E-state index < -0.39 is 0 Å². The van der Waals surface area contributed by atoms with Crippen molar-refractivity contribution in [2.45, 2.75) is 0 Å². The largest absolute Gasteiger partial charge is 0.307 e. The van der Waals surface area contributed by atoms with Crippen LogP contribution in [0.15, 0.2) is 47.9 Å². The van der Waals surface area contributed by atoms with Gasteiger partial charge in [0, 0.05) is 30.3 Å². The van der Waals surface area contributed by atoms with Gasteiger partial charge in [-0.05, 0) is 12.1 Å². The van der Waals surface area contributed by atoms with E-state index in [2.05, 4.69) is 9.97 Å². The summed E-state index contributed by atoms with van der Waals surface area (Å²) in [6, 6.07) is 5.10. The van der Waals surface area contributed by atoms with E-state index in [-0.39, 0.29) is 5.56 Å². The van der Waals surface area contributed by atoms with Crippen molar-refractivity contribution in [1.82, 2.24) is 14.5 Å². The van der Waals surface area contributed by atoms with Crippen molar-refractivity contribution in [3.05, 3.63) is 53.5 Å². The number of aromatic nitrogens is 3. The molecule has 64 valence electrons. The number of nitrogens with zero attached hydrogens (tertiary/aromatic N) is 3. The second-order valence-corrected chi connectivity index (χ2v) is 2.51. The first-order valence-electron chi connectivity index (χ1n) is 3.81. The van der Waals surface area contributed by atoms with Gasteiger partial charge in [-0.2, -0.15) is 4.98 Å². The minimum Gasteiger partial charge on any atom is -0.307 e. The van der Waals surface area contributed by atoms with Crippen LogP contribution < -0.4 is 5.56 Å². The maximum absolute atomic E-state index is 10.7. The Balaban J connectivity index is 2.48. The third-order valence-electron chi connectivity index (χ3n) is 1.65. The maximum atomic E-state index is 10.7. The normalized spacial score (nSPS) is 9.85. The third-order valence-corrected chi connectivity index (χ3v) is 1.65. The summed E-state index contributed by atoms with van der Waals surface area (Å²) >= 11 is 0. The van der Waals surface area contributed by atoms with Gasteiger partial charge in [-0.25, -0.2) is 0 Å². The van der Waals surface area contributed by atoms with Crippen LogP contribution in [-0.4, -0.2) is 14.5 Å². The summed E-state index contributed by atoms with van der Waals surface area (Å²) in [5.74, 6) is 0. The van der Waals surface area contributed by atoms with Gasteiger partial charge in [0.25, 0.3) is 5.56 Å². The van der Waals surface area contributed by atoms with Crippen molar-refractivity contribution >= 4 is 0 Å². The van der Waals surface area contributed by atoms with Gasteiger partial charge in [-0.15, -0.1) is 0 Å². The third kappa shape index (κ3) is 1.61. The molecule has 4 heteroatoms. The molecule has 0 aliphatic heterocycles. The summed E-state index contributed by atoms with van der Waals surface area (Å²) in [4.78, 5) is 18.3. The minimum absolute atomic E-state index is 0.231. The van der Waals surface area contributed by atoms with Crippen LogP contribution in [0.1, 0.15) is 0 Å². The predicted octanol–water partition coefficient (Wildman–Crippen LogP) is 0.627. The summed E-state index contributed by atoms with van der Waals surface area (Å²) in [5, 5.41) is 0. The maximum Gasteiger partial charge on any atom is 0.272 e. The van der Waals surface area contributed by atoms with E-state index in [0.717, 1.165) is 5.69 Å². The molecule has 2 aromatic heterocycles. The number of pyridine rings is 1. The molecule has 2 rings (SSSR count). The van der Waals surface area contributed by atoms with Crippen LogP contribution >= 0.6 is 0 Å². The van der Waals surface area contributed by atoms with Crippen molar-refractivity contribution in [2.24, 2.45) is 0 Å². The van der Waals surface area contributed by atoms with E-state index in [4.69, 9.17) is 0 Å². The second-order valence-electron chi connectivity index (χ2n) is 2.51. The molecule has 0 atom stereocenters. The summed E-state index contributed by atoms with van der Waals surface area (Å²) in [5.41, 5.74) is 0.702. The van der Waals surface area contributed by atoms with Crippen LogP contribution in [0.4, 0.5) is 0 Å². The van der Waals surface area contributed by atoms with Gasteiger partial charge in [0.15, 0.2) is 0 Å². The fourth-order valence-electron chi connectivity index (χ4n) is 1.01. The summed E-state index contributed by atoms with van der Waals surface area (Å²) in [7, 11) is 0. The Labute approximate surface area is 74.5 Å². The van der Waals surface area contributed by atoms with Crippen molar-refractivity contribution < 1.29 is 0 Å². The van der Waals surface area contributed by atoms with Crippen LogP contribution in [0.5, 0.6) is 0 Å². The van der Waals surface area contributed by atoms with Gasteiger partial charge in [-0.1, -0.05) is 0 Å². The highest BCUT2D eigenvalue weighted by molar-refractivity contribution is 5.27. The summed E-state index contributed by atoms with van der Waals surface area (Å²) in [6.07, 6.45) is 6.53. The average Bonchev–Trinajstić information content (AvgIpc) is 2.20. The molecule has 0 spiro atoms. The van der Waals surface area contributed by atoms with E-state index in [0.29, 0.717) is 0 Å². The first-order chi connectivity index (χ1) is 6.36. The molecule has 0 bridgehead atoms. The van der Waals surface area contributed by atoms with Crippen LogP contribution in [0.2, 0.25) is 0 Å². The molecule has 0 saturated carbocycles. The zero-order valence-electron chi connectivity index (χ0n) is 6.79. The van der Waals surface area contributed by atoms with Crippen molar-refractivity contribution in [3.63, 3.8) is 0 Å². The van der Waals surface area contributed by atoms with E-state index in [1.807, 2.05) is 12.1 Å². The fraction of sp³-hybridized carbons (Fsp3) is 0. The highest BCUT2D eigenvalue weighted by Crippen LogP contribution is 2.01. The minimum atomic E-state index is -0.231. The molecule has 2 aromatic rings. The van der Waals surface area contributed by atoms with E-state index in [1.54, 1.807) is 23.2 Å². The van der Waals surface area contributed by atoms with Gasteiger partial charge in [0.1, 0.15) is 6.33 Å². The second kappa shape index (κ2) is 3.18. The van der Waals surface area contributed by atoms with Crippen LogP contribution in [0.25, 0.3) is 5.69 Å². The lowest BCUT2D eigenvalue weighted by Gasteiger charge is -2.02. The Morgan fingerprint density at radius 3 is 2.54 bits per heavy atom. The number of hydrogen-bond donors (Lipinski definition) is 0. The molecule has 2 heterocycles. The first-order valence-corrected chi connectivity index (χ1v) is 3.81. The zero-order chi connectivity index (χ0) is 9.10. The molecule has 0 unspecified atom stereocenters. The zero-order valence-corrected chi connectivity index (χ0v) is 6.79. The molecular formula is C9H7N3O. The van der Waals surface area contributed by atoms with E-state index >= 15 is 0 Å². The van der Waals surface area contributed by atoms with Crippen molar-refractivity contribution in [1.29, 1.82) is 0 Å². The predicted molar refractivity (Wildman–Crippen MR) is 47.6 cm³/mol. The molecule has 0 saturated heterocycles. The van der Waals surface area contributed by atoms with Crippen molar-refractivity contribution in [3.8, 4) is 5.69 Å². The molecular weight excluding hydrogens is 166 g/mol. The van der Waals surface area contributed by atoms with Gasteiger partial charge < -0.3 is 4.57 Å². The molecule has 4 nitrogen and oxygen atoms in total. The van der Waals surface area contributed by atoms with Crippen molar-refractivity contribution in [2.75, 3.05) is 0 Å². The van der Waals surface area contributed by atoms with Crippen LogP contribution in [0, 0.1) is 0 Å². The Morgan fingerprint density at radius 1 is 1.15 bits per heavy atom. The first kappa shape index (κ1) is 7.67. The molecule has 0 fully saturated rings. The molecule has 0 aromatic carbocycles. The van der Waals surface area contributed by atoms with Crippen LogP contribution in [-0.2, 0) is 0 Å². The molecule has 0 aliphatic rings. The summed E-state index contributed by atoms with van der Waals surface area (Å²) in [6.45, 7) is 0. The molecule has 0 aliphatic carbocycles. The smallest absolute Gasteiger partial charge is 0.272 e. The lowest BCUT2D eigenvalue weighted by atomic mass is 10.4. The SMILES string of the molecule is O=c1ccn(-c2ccncc2)cn1. The van der Waals surface area contributed by atoms with Gasteiger partial charge >= 0.3 is 0 Å². The standard InChI is InChI=1S/C9H7N3O/c13-9-3-6-12(7-11-9)8-1-4-10-5-2-8/h1-7H. The van der Waals surface area contributed by atoms with Gasteiger partial charge in [-0.3, -0.25) is 9.78 Å². The van der Waals surface area contributed by atoms with E-state index in [1.165, 1.54) is 12.4 Å². The Morgan fingerprint density at radius 2 is 1.92 bits per heavy atom. The Kier molecular flexibility index (Phi) is 1.88. The van der Waals surface area contributed by atoms with Gasteiger partial charge in [0.05, 0.1) is 0 Å².